The number of rotatable bonds is 9. The molecule has 2 N–H and O–H groups in total. The summed E-state index contributed by atoms with van der Waals surface area (Å²) < 4.78 is 12.3. The van der Waals surface area contributed by atoms with Crippen LogP contribution in [-0.2, 0) is 10.2 Å². The lowest BCUT2D eigenvalue weighted by molar-refractivity contribution is -0.118. The van der Waals surface area contributed by atoms with Gasteiger partial charge in [0, 0.05) is 11.3 Å². The van der Waals surface area contributed by atoms with E-state index in [1.54, 1.807) is 19.2 Å². The molecule has 0 aliphatic heterocycles. The highest BCUT2D eigenvalue weighted by Crippen LogP contribution is 2.31. The second-order valence-corrected chi connectivity index (χ2v) is 10.6. The summed E-state index contributed by atoms with van der Waals surface area (Å²) in [5.74, 6) is 1.53. The number of aromatic nitrogens is 3. The number of nitrogens with one attached hydrogen (secondary N) is 1. The number of carbonyl (C=O) groups excluding carboxylic acids is 1. The van der Waals surface area contributed by atoms with Crippen LogP contribution in [0.5, 0.6) is 17.2 Å². The standard InChI is InChI=1S/C29H31N5O4S/c1-29(2,3)21-9-7-20(8-10-21)27-32-33-28(34(27)22-11-13-23(37-4)14-12-22)39-18-26(36)31-30-17-19-6-15-24(35)25(16-19)38-5/h6-17,35H,18H2,1-5H3,(H,31,36)/b30-17-. The van der Waals surface area contributed by atoms with Crippen molar-refractivity contribution in [2.75, 3.05) is 20.0 Å². The number of benzene rings is 3. The Morgan fingerprint density at radius 1 is 1.03 bits per heavy atom. The molecule has 0 atom stereocenters. The van der Waals surface area contributed by atoms with Crippen molar-refractivity contribution in [1.29, 1.82) is 0 Å². The highest BCUT2D eigenvalue weighted by Gasteiger charge is 2.19. The van der Waals surface area contributed by atoms with Gasteiger partial charge in [-0.25, -0.2) is 5.43 Å². The number of thioether (sulfide) groups is 1. The van der Waals surface area contributed by atoms with Crippen molar-refractivity contribution in [3.8, 4) is 34.3 Å². The number of hydrogen-bond donors (Lipinski definition) is 2. The van der Waals surface area contributed by atoms with Crippen molar-refractivity contribution in [2.24, 2.45) is 5.10 Å². The number of hydrazone groups is 1. The summed E-state index contributed by atoms with van der Waals surface area (Å²) in [6, 6.07) is 20.7. The molecule has 39 heavy (non-hydrogen) atoms. The summed E-state index contributed by atoms with van der Waals surface area (Å²) in [6.07, 6.45) is 1.48. The fourth-order valence-electron chi connectivity index (χ4n) is 3.75. The van der Waals surface area contributed by atoms with Crippen LogP contribution in [-0.4, -0.2) is 52.0 Å². The van der Waals surface area contributed by atoms with Gasteiger partial charge in [-0.3, -0.25) is 9.36 Å². The molecule has 9 nitrogen and oxygen atoms in total. The first kappa shape index (κ1) is 27.7. The van der Waals surface area contributed by atoms with Gasteiger partial charge in [0.15, 0.2) is 22.5 Å². The minimum absolute atomic E-state index is 0.0283. The number of phenolic OH excluding ortho intramolecular Hbond substituents is 1. The lowest BCUT2D eigenvalue weighted by atomic mass is 9.87. The molecule has 0 aliphatic rings. The van der Waals surface area contributed by atoms with Gasteiger partial charge in [0.25, 0.3) is 5.91 Å². The Kier molecular flexibility index (Phi) is 8.55. The van der Waals surface area contributed by atoms with Crippen molar-refractivity contribution >= 4 is 23.9 Å². The van der Waals surface area contributed by atoms with Gasteiger partial charge in [0.1, 0.15) is 5.75 Å². The van der Waals surface area contributed by atoms with E-state index in [1.165, 1.54) is 36.7 Å². The Bertz CT molecular complexity index is 1460. The Morgan fingerprint density at radius 3 is 2.38 bits per heavy atom. The summed E-state index contributed by atoms with van der Waals surface area (Å²) >= 11 is 1.26. The maximum Gasteiger partial charge on any atom is 0.250 e. The van der Waals surface area contributed by atoms with Crippen molar-refractivity contribution in [3.05, 3.63) is 77.9 Å². The van der Waals surface area contributed by atoms with Crippen LogP contribution in [0.1, 0.15) is 31.9 Å². The molecule has 0 saturated carbocycles. The van der Waals surface area contributed by atoms with E-state index in [0.717, 1.165) is 17.0 Å². The largest absolute Gasteiger partial charge is 0.504 e. The maximum absolute atomic E-state index is 12.5. The number of hydrogen-bond acceptors (Lipinski definition) is 8. The first-order valence-electron chi connectivity index (χ1n) is 12.2. The third kappa shape index (κ3) is 6.77. The van der Waals surface area contributed by atoms with E-state index in [4.69, 9.17) is 9.47 Å². The van der Waals surface area contributed by atoms with E-state index >= 15 is 0 Å². The van der Waals surface area contributed by atoms with Gasteiger partial charge < -0.3 is 14.6 Å². The molecule has 202 valence electrons. The van der Waals surface area contributed by atoms with Gasteiger partial charge in [0.2, 0.25) is 0 Å². The third-order valence-corrected chi connectivity index (χ3v) is 6.84. The van der Waals surface area contributed by atoms with E-state index in [2.05, 4.69) is 53.6 Å². The van der Waals surface area contributed by atoms with E-state index in [-0.39, 0.29) is 22.8 Å². The fourth-order valence-corrected chi connectivity index (χ4v) is 4.49. The molecule has 10 heteroatoms. The van der Waals surface area contributed by atoms with Gasteiger partial charge in [-0.2, -0.15) is 5.10 Å². The molecule has 3 aromatic carbocycles. The average molecular weight is 546 g/mol. The van der Waals surface area contributed by atoms with Gasteiger partial charge in [0.05, 0.1) is 26.2 Å². The van der Waals surface area contributed by atoms with E-state index < -0.39 is 0 Å². The zero-order valence-electron chi connectivity index (χ0n) is 22.5. The van der Waals surface area contributed by atoms with Gasteiger partial charge in [-0.1, -0.05) is 56.8 Å². The van der Waals surface area contributed by atoms with Gasteiger partial charge in [-0.15, -0.1) is 10.2 Å². The minimum Gasteiger partial charge on any atom is -0.504 e. The summed E-state index contributed by atoms with van der Waals surface area (Å²) in [7, 11) is 3.09. The van der Waals surface area contributed by atoms with Crippen LogP contribution in [0.3, 0.4) is 0 Å². The van der Waals surface area contributed by atoms with Gasteiger partial charge in [-0.05, 0) is 59.0 Å². The number of nitrogens with zero attached hydrogens (tertiary/aromatic N) is 4. The van der Waals surface area contributed by atoms with Crippen LogP contribution < -0.4 is 14.9 Å². The minimum atomic E-state index is -0.303. The summed E-state index contributed by atoms with van der Waals surface area (Å²) in [5.41, 5.74) is 6.20. The fraction of sp³-hybridized carbons (Fsp3) is 0.241. The molecule has 0 unspecified atom stereocenters. The van der Waals surface area contributed by atoms with Crippen LogP contribution in [0, 0.1) is 0 Å². The zero-order chi connectivity index (χ0) is 28.0. The predicted octanol–water partition coefficient (Wildman–Crippen LogP) is 5.20. The molecule has 0 fully saturated rings. The number of carbonyl (C=O) groups is 1. The molecular formula is C29H31N5O4S. The SMILES string of the molecule is COc1ccc(-n2c(SCC(=O)N/N=C\c3ccc(O)c(OC)c3)nnc2-c2ccc(C(C)(C)C)cc2)cc1. The molecule has 0 spiro atoms. The molecule has 1 heterocycles. The molecule has 1 aromatic heterocycles. The van der Waals surface area contributed by atoms with Crippen LogP contribution in [0.15, 0.2) is 77.0 Å². The van der Waals surface area contributed by atoms with Crippen LogP contribution in [0.2, 0.25) is 0 Å². The molecule has 1 amide bonds. The van der Waals surface area contributed by atoms with Gasteiger partial charge >= 0.3 is 0 Å². The van der Waals surface area contributed by atoms with Crippen LogP contribution in [0.4, 0.5) is 0 Å². The monoisotopic (exact) mass is 545 g/mol. The first-order chi connectivity index (χ1) is 18.7. The molecule has 0 saturated heterocycles. The van der Waals surface area contributed by atoms with Crippen molar-refractivity contribution in [2.45, 2.75) is 31.3 Å². The molecule has 0 aliphatic carbocycles. The second kappa shape index (κ2) is 12.0. The molecule has 4 rings (SSSR count). The second-order valence-electron chi connectivity index (χ2n) is 9.68. The smallest absolute Gasteiger partial charge is 0.250 e. The maximum atomic E-state index is 12.5. The molecular weight excluding hydrogens is 514 g/mol. The average Bonchev–Trinajstić information content (AvgIpc) is 3.36. The Balaban J connectivity index is 1.53. The number of ether oxygens (including phenoxy) is 2. The number of methoxy groups -OCH3 is 2. The van der Waals surface area contributed by atoms with E-state index in [1.807, 2.05) is 41.0 Å². The summed E-state index contributed by atoms with van der Waals surface area (Å²) in [5, 5.41) is 23.2. The van der Waals surface area contributed by atoms with Crippen molar-refractivity contribution < 1.29 is 19.4 Å². The zero-order valence-corrected chi connectivity index (χ0v) is 23.3. The van der Waals surface area contributed by atoms with Crippen LogP contribution >= 0.6 is 11.8 Å². The first-order valence-corrected chi connectivity index (χ1v) is 13.2. The lowest BCUT2D eigenvalue weighted by Gasteiger charge is -2.19. The highest BCUT2D eigenvalue weighted by atomic mass is 32.2. The molecule has 0 radical (unpaired) electrons. The lowest BCUT2D eigenvalue weighted by Crippen LogP contribution is -2.20. The number of aromatic hydroxyl groups is 1. The Morgan fingerprint density at radius 2 is 1.74 bits per heavy atom. The third-order valence-electron chi connectivity index (χ3n) is 5.91. The molecule has 0 bridgehead atoms. The summed E-state index contributed by atoms with van der Waals surface area (Å²) in [6.45, 7) is 6.52. The van der Waals surface area contributed by atoms with Crippen LogP contribution in [0.25, 0.3) is 17.1 Å². The number of amides is 1. The van der Waals surface area contributed by atoms with Crippen molar-refractivity contribution in [3.63, 3.8) is 0 Å². The predicted molar refractivity (Wildman–Crippen MR) is 153 cm³/mol. The Labute approximate surface area is 231 Å². The topological polar surface area (TPSA) is 111 Å². The summed E-state index contributed by atoms with van der Waals surface area (Å²) in [4.78, 5) is 12.5. The van der Waals surface area contributed by atoms with E-state index in [0.29, 0.717) is 22.3 Å². The van der Waals surface area contributed by atoms with E-state index in [9.17, 15) is 9.90 Å². The highest BCUT2D eigenvalue weighted by molar-refractivity contribution is 7.99. The molecule has 4 aromatic rings. The van der Waals surface area contributed by atoms with Crippen molar-refractivity contribution in [1.82, 2.24) is 20.2 Å². The number of phenols is 1. The Hall–Kier alpha value is -4.31. The quantitative estimate of drug-likeness (QED) is 0.169. The normalized spacial score (nSPS) is 11.5.